The van der Waals surface area contributed by atoms with Crippen molar-refractivity contribution in [3.8, 4) is 0 Å². The van der Waals surface area contributed by atoms with Gasteiger partial charge in [-0.3, -0.25) is 9.69 Å². The predicted molar refractivity (Wildman–Crippen MR) is 73.4 cm³/mol. The van der Waals surface area contributed by atoms with Gasteiger partial charge in [-0.25, -0.2) is 0 Å². The maximum absolute atomic E-state index is 11.8. The molecule has 1 aromatic rings. The molecule has 0 aliphatic carbocycles. The highest BCUT2D eigenvalue weighted by atomic mass is 35.5. The highest BCUT2D eigenvalue weighted by Gasteiger charge is 2.20. The van der Waals surface area contributed by atoms with Crippen molar-refractivity contribution in [2.45, 2.75) is 13.0 Å². The SMILES string of the molecule is CN1CCCN(Cc2c(N)cccc2Cl)CC1=O. The Morgan fingerprint density at radius 3 is 2.89 bits per heavy atom. The molecule has 0 atom stereocenters. The fourth-order valence-electron chi connectivity index (χ4n) is 2.15. The molecular weight excluding hydrogens is 250 g/mol. The number of nitrogens with two attached hydrogens (primary N) is 1. The van der Waals surface area contributed by atoms with Gasteiger partial charge in [-0.15, -0.1) is 0 Å². The van der Waals surface area contributed by atoms with Gasteiger partial charge in [0.2, 0.25) is 5.91 Å². The van der Waals surface area contributed by atoms with Crippen molar-refractivity contribution in [3.63, 3.8) is 0 Å². The summed E-state index contributed by atoms with van der Waals surface area (Å²) in [6.45, 7) is 2.76. The third kappa shape index (κ3) is 2.94. The Bertz CT molecular complexity index is 430. The second-order valence-corrected chi connectivity index (χ2v) is 5.09. The van der Waals surface area contributed by atoms with Crippen molar-refractivity contribution < 1.29 is 4.79 Å². The van der Waals surface area contributed by atoms with Gasteiger partial charge in [-0.05, 0) is 18.6 Å². The summed E-state index contributed by atoms with van der Waals surface area (Å²) in [6.07, 6.45) is 0.979. The maximum Gasteiger partial charge on any atom is 0.236 e. The zero-order valence-electron chi connectivity index (χ0n) is 10.5. The minimum absolute atomic E-state index is 0.151. The Morgan fingerprint density at radius 2 is 2.17 bits per heavy atom. The molecule has 0 spiro atoms. The number of anilines is 1. The number of likely N-dealkylation sites (N-methyl/N-ethyl adjacent to an activating group) is 1. The van der Waals surface area contributed by atoms with Crippen LogP contribution < -0.4 is 5.73 Å². The van der Waals surface area contributed by atoms with Crippen molar-refractivity contribution in [1.29, 1.82) is 0 Å². The van der Waals surface area contributed by atoms with Crippen molar-refractivity contribution in [3.05, 3.63) is 28.8 Å². The molecule has 1 aromatic carbocycles. The van der Waals surface area contributed by atoms with Gasteiger partial charge in [0.05, 0.1) is 6.54 Å². The largest absolute Gasteiger partial charge is 0.398 e. The topological polar surface area (TPSA) is 49.6 Å². The predicted octanol–water partition coefficient (Wildman–Crippen LogP) is 1.59. The molecule has 4 nitrogen and oxygen atoms in total. The quantitative estimate of drug-likeness (QED) is 0.828. The third-order valence-electron chi connectivity index (χ3n) is 3.29. The van der Waals surface area contributed by atoms with E-state index in [0.717, 1.165) is 25.1 Å². The number of benzene rings is 1. The van der Waals surface area contributed by atoms with E-state index < -0.39 is 0 Å². The first-order valence-electron chi connectivity index (χ1n) is 6.07. The van der Waals surface area contributed by atoms with Crippen molar-refractivity contribution >= 4 is 23.2 Å². The average molecular weight is 268 g/mol. The van der Waals surface area contributed by atoms with Crippen molar-refractivity contribution in [1.82, 2.24) is 9.80 Å². The first-order chi connectivity index (χ1) is 8.58. The molecule has 0 unspecified atom stereocenters. The smallest absolute Gasteiger partial charge is 0.236 e. The van der Waals surface area contributed by atoms with Crippen LogP contribution in [-0.2, 0) is 11.3 Å². The molecular formula is C13H18ClN3O. The molecule has 2 rings (SSSR count). The summed E-state index contributed by atoms with van der Waals surface area (Å²) in [4.78, 5) is 15.7. The molecule has 1 fully saturated rings. The second kappa shape index (κ2) is 5.59. The monoisotopic (exact) mass is 267 g/mol. The van der Waals surface area contributed by atoms with Crippen LogP contribution in [0.4, 0.5) is 5.69 Å². The summed E-state index contributed by atoms with van der Waals surface area (Å²) in [5.41, 5.74) is 7.53. The maximum atomic E-state index is 11.8. The molecule has 0 saturated carbocycles. The van der Waals surface area contributed by atoms with Crippen LogP contribution in [-0.4, -0.2) is 42.4 Å². The van der Waals surface area contributed by atoms with Crippen molar-refractivity contribution in [2.24, 2.45) is 0 Å². The van der Waals surface area contributed by atoms with Crippen LogP contribution in [0.5, 0.6) is 0 Å². The van der Waals surface area contributed by atoms with Crippen LogP contribution in [0.2, 0.25) is 5.02 Å². The second-order valence-electron chi connectivity index (χ2n) is 4.69. The van der Waals surface area contributed by atoms with E-state index in [1.807, 2.05) is 25.2 Å². The Balaban J connectivity index is 2.11. The number of amides is 1. The van der Waals surface area contributed by atoms with E-state index in [4.69, 9.17) is 17.3 Å². The van der Waals surface area contributed by atoms with Gasteiger partial charge in [0.25, 0.3) is 0 Å². The minimum Gasteiger partial charge on any atom is -0.398 e. The zero-order chi connectivity index (χ0) is 13.1. The fraction of sp³-hybridized carbons (Fsp3) is 0.462. The minimum atomic E-state index is 0.151. The van der Waals surface area contributed by atoms with Gasteiger partial charge < -0.3 is 10.6 Å². The number of hydrogen-bond donors (Lipinski definition) is 1. The number of nitrogens with zero attached hydrogens (tertiary/aromatic N) is 2. The average Bonchev–Trinajstić information content (AvgIpc) is 2.47. The Morgan fingerprint density at radius 1 is 1.39 bits per heavy atom. The summed E-state index contributed by atoms with van der Waals surface area (Å²) in [7, 11) is 1.84. The van der Waals surface area contributed by atoms with E-state index in [1.165, 1.54) is 0 Å². The summed E-state index contributed by atoms with van der Waals surface area (Å²) in [5.74, 6) is 0.151. The summed E-state index contributed by atoms with van der Waals surface area (Å²) in [6, 6.07) is 5.51. The van der Waals surface area contributed by atoms with Crippen LogP contribution in [0, 0.1) is 0 Å². The Labute approximate surface area is 112 Å². The summed E-state index contributed by atoms with van der Waals surface area (Å²) >= 11 is 6.15. The van der Waals surface area contributed by atoms with Gasteiger partial charge in [0.1, 0.15) is 0 Å². The molecule has 18 heavy (non-hydrogen) atoms. The molecule has 1 saturated heterocycles. The van der Waals surface area contributed by atoms with Crippen LogP contribution >= 0.6 is 11.6 Å². The fourth-order valence-corrected chi connectivity index (χ4v) is 2.39. The summed E-state index contributed by atoms with van der Waals surface area (Å²) in [5, 5.41) is 0.667. The van der Waals surface area contributed by atoms with Gasteiger partial charge >= 0.3 is 0 Å². The molecule has 2 N–H and O–H groups in total. The van der Waals surface area contributed by atoms with Crippen LogP contribution in [0.1, 0.15) is 12.0 Å². The molecule has 0 radical (unpaired) electrons. The Kier molecular flexibility index (Phi) is 4.09. The zero-order valence-corrected chi connectivity index (χ0v) is 11.3. The molecule has 0 bridgehead atoms. The molecule has 5 heteroatoms. The first-order valence-corrected chi connectivity index (χ1v) is 6.45. The number of halogens is 1. The summed E-state index contributed by atoms with van der Waals surface area (Å²) < 4.78 is 0. The molecule has 1 aliphatic heterocycles. The number of carbonyl (C=O) groups excluding carboxylic acids is 1. The highest BCUT2D eigenvalue weighted by molar-refractivity contribution is 6.31. The van der Waals surface area contributed by atoms with E-state index in [1.54, 1.807) is 4.90 Å². The number of carbonyl (C=O) groups is 1. The molecule has 1 heterocycles. The van der Waals surface area contributed by atoms with E-state index >= 15 is 0 Å². The lowest BCUT2D eigenvalue weighted by molar-refractivity contribution is -0.129. The van der Waals surface area contributed by atoms with Crippen LogP contribution in [0.25, 0.3) is 0 Å². The highest BCUT2D eigenvalue weighted by Crippen LogP contribution is 2.24. The lowest BCUT2D eigenvalue weighted by atomic mass is 10.1. The van der Waals surface area contributed by atoms with E-state index in [0.29, 0.717) is 23.8 Å². The number of nitrogen functional groups attached to an aromatic ring is 1. The van der Waals surface area contributed by atoms with Gasteiger partial charge in [-0.2, -0.15) is 0 Å². The van der Waals surface area contributed by atoms with E-state index in [9.17, 15) is 4.79 Å². The molecule has 0 aromatic heterocycles. The lowest BCUT2D eigenvalue weighted by Gasteiger charge is -2.20. The number of hydrogen-bond acceptors (Lipinski definition) is 3. The number of rotatable bonds is 2. The van der Waals surface area contributed by atoms with E-state index in [2.05, 4.69) is 4.90 Å². The Hall–Kier alpha value is -1.26. The molecule has 1 amide bonds. The normalized spacial score (nSPS) is 17.9. The van der Waals surface area contributed by atoms with Crippen molar-refractivity contribution in [2.75, 3.05) is 32.4 Å². The first kappa shape index (κ1) is 13.2. The van der Waals surface area contributed by atoms with Gasteiger partial charge in [-0.1, -0.05) is 17.7 Å². The third-order valence-corrected chi connectivity index (χ3v) is 3.64. The lowest BCUT2D eigenvalue weighted by Crippen LogP contribution is -2.34. The molecule has 98 valence electrons. The van der Waals surface area contributed by atoms with Crippen LogP contribution in [0.15, 0.2) is 18.2 Å². The van der Waals surface area contributed by atoms with Gasteiger partial charge in [0, 0.05) is 43.0 Å². The van der Waals surface area contributed by atoms with Crippen LogP contribution in [0.3, 0.4) is 0 Å². The standard InChI is InChI=1S/C13H18ClN3O/c1-16-6-3-7-17(9-13(16)18)8-10-11(14)4-2-5-12(10)15/h2,4-5H,3,6-9,15H2,1H3. The molecule has 1 aliphatic rings. The van der Waals surface area contributed by atoms with E-state index in [-0.39, 0.29) is 5.91 Å². The van der Waals surface area contributed by atoms with Gasteiger partial charge in [0.15, 0.2) is 0 Å².